The van der Waals surface area contributed by atoms with Crippen molar-refractivity contribution in [2.45, 2.75) is 45.1 Å². The third kappa shape index (κ3) is 2.51. The topological polar surface area (TPSA) is 32.3 Å². The van der Waals surface area contributed by atoms with Gasteiger partial charge in [-0.15, -0.1) is 0 Å². The van der Waals surface area contributed by atoms with Gasteiger partial charge in [0.15, 0.2) is 0 Å². The average molecular weight is 210 g/mol. The van der Waals surface area contributed by atoms with Crippen LogP contribution in [0.3, 0.4) is 0 Å². The predicted octanol–water partition coefficient (Wildman–Crippen LogP) is 1.39. The molecule has 1 N–H and O–H groups in total. The van der Waals surface area contributed by atoms with Gasteiger partial charge in [0.1, 0.15) is 0 Å². The maximum absolute atomic E-state index is 12.1. The summed E-state index contributed by atoms with van der Waals surface area (Å²) in [5, 5.41) is 3.29. The Balaban J connectivity index is 1.81. The van der Waals surface area contributed by atoms with Crippen molar-refractivity contribution in [1.29, 1.82) is 0 Å². The molecule has 2 rings (SSSR count). The van der Waals surface area contributed by atoms with E-state index in [1.165, 1.54) is 19.3 Å². The Morgan fingerprint density at radius 2 is 2.33 bits per heavy atom. The van der Waals surface area contributed by atoms with Gasteiger partial charge < -0.3 is 10.2 Å². The van der Waals surface area contributed by atoms with E-state index in [9.17, 15) is 4.79 Å². The predicted molar refractivity (Wildman–Crippen MR) is 60.6 cm³/mol. The second-order valence-corrected chi connectivity index (χ2v) is 4.88. The Kier molecular flexibility index (Phi) is 3.62. The summed E-state index contributed by atoms with van der Waals surface area (Å²) in [4.78, 5) is 14.1. The lowest BCUT2D eigenvalue weighted by atomic mass is 10.0. The molecule has 0 bridgehead atoms. The molecular formula is C12H22N2O. The van der Waals surface area contributed by atoms with Crippen molar-refractivity contribution in [3.05, 3.63) is 0 Å². The van der Waals surface area contributed by atoms with Gasteiger partial charge >= 0.3 is 0 Å². The molecule has 1 amide bonds. The molecule has 15 heavy (non-hydrogen) atoms. The van der Waals surface area contributed by atoms with Crippen LogP contribution in [0.4, 0.5) is 0 Å². The lowest BCUT2D eigenvalue weighted by molar-refractivity contribution is -0.132. The minimum Gasteiger partial charge on any atom is -0.341 e. The summed E-state index contributed by atoms with van der Waals surface area (Å²) in [6.45, 7) is 5.23. The van der Waals surface area contributed by atoms with Crippen molar-refractivity contribution in [3.8, 4) is 0 Å². The molecule has 86 valence electrons. The van der Waals surface area contributed by atoms with Crippen molar-refractivity contribution in [3.63, 3.8) is 0 Å². The summed E-state index contributed by atoms with van der Waals surface area (Å²) in [6.07, 6.45) is 5.93. The van der Waals surface area contributed by atoms with Gasteiger partial charge in [-0.2, -0.15) is 0 Å². The van der Waals surface area contributed by atoms with E-state index in [2.05, 4.69) is 17.1 Å². The van der Waals surface area contributed by atoms with E-state index >= 15 is 0 Å². The fraction of sp³-hybridized carbons (Fsp3) is 0.917. The summed E-state index contributed by atoms with van der Waals surface area (Å²) in [7, 11) is 0. The van der Waals surface area contributed by atoms with Crippen LogP contribution in [0, 0.1) is 5.92 Å². The number of likely N-dealkylation sites (tertiary alicyclic amines) is 1. The summed E-state index contributed by atoms with van der Waals surface area (Å²) in [5.74, 6) is 1.12. The monoisotopic (exact) mass is 210 g/mol. The second-order valence-electron chi connectivity index (χ2n) is 4.88. The average Bonchev–Trinajstić information content (AvgIpc) is 2.87. The number of carbonyl (C=O) groups excluding carboxylic acids is 1. The Labute approximate surface area is 92.2 Å². The Morgan fingerprint density at radius 3 is 3.00 bits per heavy atom. The first-order valence-corrected chi connectivity index (χ1v) is 6.33. The van der Waals surface area contributed by atoms with E-state index in [1.807, 2.05) is 0 Å². The molecule has 0 radical (unpaired) electrons. The van der Waals surface area contributed by atoms with Crippen LogP contribution in [0.5, 0.6) is 0 Å². The maximum Gasteiger partial charge on any atom is 0.239 e. The van der Waals surface area contributed by atoms with Gasteiger partial charge in [0.05, 0.1) is 6.04 Å². The molecule has 0 saturated carbocycles. The highest BCUT2D eigenvalue weighted by atomic mass is 16.2. The van der Waals surface area contributed by atoms with Gasteiger partial charge in [0, 0.05) is 13.1 Å². The van der Waals surface area contributed by atoms with Crippen LogP contribution < -0.4 is 5.32 Å². The summed E-state index contributed by atoms with van der Waals surface area (Å²) < 4.78 is 0. The Morgan fingerprint density at radius 1 is 1.47 bits per heavy atom. The number of hydrogen-bond acceptors (Lipinski definition) is 2. The van der Waals surface area contributed by atoms with E-state index in [-0.39, 0.29) is 6.04 Å². The SMILES string of the molecule is CCCC1CCN(C(=O)C2CCCN2)C1. The number of rotatable bonds is 3. The Hall–Kier alpha value is -0.570. The van der Waals surface area contributed by atoms with Gasteiger partial charge in [-0.05, 0) is 38.1 Å². The molecule has 0 aromatic carbocycles. The molecule has 3 heteroatoms. The first-order valence-electron chi connectivity index (χ1n) is 6.33. The van der Waals surface area contributed by atoms with E-state index < -0.39 is 0 Å². The van der Waals surface area contributed by atoms with Gasteiger partial charge in [-0.3, -0.25) is 4.79 Å². The van der Waals surface area contributed by atoms with Crippen LogP contribution in [0.25, 0.3) is 0 Å². The van der Waals surface area contributed by atoms with Crippen LogP contribution in [-0.2, 0) is 4.79 Å². The molecule has 2 fully saturated rings. The summed E-state index contributed by atoms with van der Waals surface area (Å²) in [6, 6.07) is 0.130. The lowest BCUT2D eigenvalue weighted by Gasteiger charge is -2.20. The zero-order valence-corrected chi connectivity index (χ0v) is 9.67. The van der Waals surface area contributed by atoms with Crippen molar-refractivity contribution < 1.29 is 4.79 Å². The molecule has 2 heterocycles. The highest BCUT2D eigenvalue weighted by molar-refractivity contribution is 5.82. The molecule has 2 saturated heterocycles. The standard InChI is InChI=1S/C12H22N2O/c1-2-4-10-6-8-14(9-10)12(15)11-5-3-7-13-11/h10-11,13H,2-9H2,1H3. The molecule has 0 aromatic heterocycles. The van der Waals surface area contributed by atoms with E-state index in [0.717, 1.165) is 38.4 Å². The smallest absolute Gasteiger partial charge is 0.239 e. The second kappa shape index (κ2) is 4.97. The Bertz CT molecular complexity index is 224. The molecule has 3 nitrogen and oxygen atoms in total. The highest BCUT2D eigenvalue weighted by Crippen LogP contribution is 2.22. The quantitative estimate of drug-likeness (QED) is 0.763. The van der Waals surface area contributed by atoms with Crippen molar-refractivity contribution in [2.75, 3.05) is 19.6 Å². The first kappa shape index (κ1) is 10.9. The van der Waals surface area contributed by atoms with Crippen LogP contribution in [-0.4, -0.2) is 36.5 Å². The van der Waals surface area contributed by atoms with E-state index in [4.69, 9.17) is 0 Å². The largest absolute Gasteiger partial charge is 0.341 e. The molecular weight excluding hydrogens is 188 g/mol. The molecule has 0 aliphatic carbocycles. The number of hydrogen-bond donors (Lipinski definition) is 1. The molecule has 0 spiro atoms. The van der Waals surface area contributed by atoms with Gasteiger partial charge in [-0.25, -0.2) is 0 Å². The zero-order chi connectivity index (χ0) is 10.7. The highest BCUT2D eigenvalue weighted by Gasteiger charge is 2.31. The van der Waals surface area contributed by atoms with Crippen molar-refractivity contribution in [2.24, 2.45) is 5.92 Å². The summed E-state index contributed by atoms with van der Waals surface area (Å²) >= 11 is 0. The van der Waals surface area contributed by atoms with E-state index in [1.54, 1.807) is 0 Å². The zero-order valence-electron chi connectivity index (χ0n) is 9.67. The third-order valence-electron chi connectivity index (χ3n) is 3.65. The molecule has 2 unspecified atom stereocenters. The molecule has 2 aliphatic heterocycles. The van der Waals surface area contributed by atoms with Gasteiger partial charge in [0.2, 0.25) is 5.91 Å². The normalized spacial score (nSPS) is 31.1. The molecule has 2 aliphatic rings. The van der Waals surface area contributed by atoms with Crippen LogP contribution in [0.2, 0.25) is 0 Å². The molecule has 0 aromatic rings. The maximum atomic E-state index is 12.1. The number of nitrogens with zero attached hydrogens (tertiary/aromatic N) is 1. The lowest BCUT2D eigenvalue weighted by Crippen LogP contribution is -2.42. The first-order chi connectivity index (χ1) is 7.31. The van der Waals surface area contributed by atoms with Crippen molar-refractivity contribution >= 4 is 5.91 Å². The number of amides is 1. The van der Waals surface area contributed by atoms with Crippen LogP contribution in [0.1, 0.15) is 39.0 Å². The number of carbonyl (C=O) groups is 1. The van der Waals surface area contributed by atoms with Gasteiger partial charge in [0.25, 0.3) is 0 Å². The fourth-order valence-electron chi connectivity index (χ4n) is 2.79. The minimum absolute atomic E-state index is 0.130. The third-order valence-corrected chi connectivity index (χ3v) is 3.65. The van der Waals surface area contributed by atoms with Crippen LogP contribution >= 0.6 is 0 Å². The molecule has 2 atom stereocenters. The van der Waals surface area contributed by atoms with E-state index in [0.29, 0.717) is 5.91 Å². The van der Waals surface area contributed by atoms with Gasteiger partial charge in [-0.1, -0.05) is 13.3 Å². The summed E-state index contributed by atoms with van der Waals surface area (Å²) in [5.41, 5.74) is 0. The van der Waals surface area contributed by atoms with Crippen molar-refractivity contribution in [1.82, 2.24) is 10.2 Å². The number of nitrogens with one attached hydrogen (secondary N) is 1. The fourth-order valence-corrected chi connectivity index (χ4v) is 2.79. The minimum atomic E-state index is 0.130. The van der Waals surface area contributed by atoms with Crippen LogP contribution in [0.15, 0.2) is 0 Å².